The van der Waals surface area contributed by atoms with Gasteiger partial charge in [0.25, 0.3) is 0 Å². The van der Waals surface area contributed by atoms with E-state index in [1.807, 2.05) is 0 Å². The fraction of sp³-hybridized carbons (Fsp3) is 0.412. The number of carbonyl (C=O) groups excluding carboxylic acids is 2. The van der Waals surface area contributed by atoms with Crippen molar-refractivity contribution in [3.8, 4) is 5.75 Å². The van der Waals surface area contributed by atoms with Crippen LogP contribution in [0.2, 0.25) is 0 Å². The Morgan fingerprint density at radius 3 is 2.61 bits per heavy atom. The summed E-state index contributed by atoms with van der Waals surface area (Å²) in [5.41, 5.74) is 0.335. The summed E-state index contributed by atoms with van der Waals surface area (Å²) < 4.78 is 9.74. The van der Waals surface area contributed by atoms with E-state index in [1.165, 1.54) is 19.2 Å². The van der Waals surface area contributed by atoms with Gasteiger partial charge < -0.3 is 19.9 Å². The molecule has 6 heteroatoms. The van der Waals surface area contributed by atoms with Crippen molar-refractivity contribution in [2.75, 3.05) is 13.7 Å². The molecular formula is C17H23NO5. The van der Waals surface area contributed by atoms with Crippen LogP contribution in [0.1, 0.15) is 43.1 Å². The van der Waals surface area contributed by atoms with Gasteiger partial charge >= 0.3 is 12.1 Å². The fourth-order valence-electron chi connectivity index (χ4n) is 1.71. The lowest BCUT2D eigenvalue weighted by molar-refractivity contribution is 0.0527. The van der Waals surface area contributed by atoms with E-state index >= 15 is 0 Å². The van der Waals surface area contributed by atoms with Crippen molar-refractivity contribution < 1.29 is 24.2 Å². The lowest BCUT2D eigenvalue weighted by Crippen LogP contribution is -2.32. The first-order valence-corrected chi connectivity index (χ1v) is 7.27. The van der Waals surface area contributed by atoms with Gasteiger partial charge in [-0.3, -0.25) is 0 Å². The van der Waals surface area contributed by atoms with E-state index in [-0.39, 0.29) is 5.75 Å². The molecule has 0 fully saturated rings. The van der Waals surface area contributed by atoms with E-state index in [4.69, 9.17) is 4.74 Å². The normalized spacial score (nSPS) is 11.3. The average Bonchev–Trinajstić information content (AvgIpc) is 2.46. The first kappa shape index (κ1) is 18.5. The lowest BCUT2D eigenvalue weighted by atomic mass is 10.1. The lowest BCUT2D eigenvalue weighted by Gasteiger charge is -2.19. The van der Waals surface area contributed by atoms with Gasteiger partial charge in [0.15, 0.2) is 0 Å². The molecule has 0 heterocycles. The van der Waals surface area contributed by atoms with Crippen LogP contribution in [-0.2, 0) is 9.47 Å². The number of carbonyl (C=O) groups is 2. The molecule has 1 rings (SSSR count). The van der Waals surface area contributed by atoms with E-state index < -0.39 is 17.7 Å². The van der Waals surface area contributed by atoms with E-state index in [0.29, 0.717) is 24.1 Å². The molecule has 1 aromatic rings. The SMILES string of the molecule is COC(=O)c1ccc(O)c(C=CCCNC(=O)OC(C)(C)C)c1. The number of methoxy groups -OCH3 is 1. The van der Waals surface area contributed by atoms with Crippen LogP contribution < -0.4 is 5.32 Å². The number of rotatable bonds is 5. The maximum Gasteiger partial charge on any atom is 0.407 e. The van der Waals surface area contributed by atoms with Crippen LogP contribution in [0.25, 0.3) is 6.08 Å². The van der Waals surface area contributed by atoms with Crippen molar-refractivity contribution in [3.05, 3.63) is 35.4 Å². The third-order valence-corrected chi connectivity index (χ3v) is 2.73. The molecule has 0 aliphatic heterocycles. The van der Waals surface area contributed by atoms with Crippen molar-refractivity contribution >= 4 is 18.1 Å². The summed E-state index contributed by atoms with van der Waals surface area (Å²) in [7, 11) is 1.30. The number of nitrogens with one attached hydrogen (secondary N) is 1. The maximum absolute atomic E-state index is 11.5. The largest absolute Gasteiger partial charge is 0.507 e. The highest BCUT2D eigenvalue weighted by molar-refractivity contribution is 5.90. The van der Waals surface area contributed by atoms with Crippen LogP contribution in [0.15, 0.2) is 24.3 Å². The average molecular weight is 321 g/mol. The number of ether oxygens (including phenoxy) is 2. The second-order valence-corrected chi connectivity index (χ2v) is 5.88. The van der Waals surface area contributed by atoms with Gasteiger partial charge in [0.2, 0.25) is 0 Å². The number of hydrogen-bond acceptors (Lipinski definition) is 5. The van der Waals surface area contributed by atoms with E-state index in [0.717, 1.165) is 0 Å². The molecular weight excluding hydrogens is 298 g/mol. The predicted octanol–water partition coefficient (Wildman–Crippen LogP) is 3.11. The number of benzene rings is 1. The molecule has 0 aliphatic carbocycles. The minimum absolute atomic E-state index is 0.0639. The zero-order valence-electron chi connectivity index (χ0n) is 13.9. The summed E-state index contributed by atoms with van der Waals surface area (Å²) in [5, 5.41) is 12.4. The number of alkyl carbamates (subject to hydrolysis) is 1. The van der Waals surface area contributed by atoms with Gasteiger partial charge in [0.05, 0.1) is 12.7 Å². The maximum atomic E-state index is 11.5. The zero-order chi connectivity index (χ0) is 17.5. The first-order chi connectivity index (χ1) is 10.7. The molecule has 0 bridgehead atoms. The molecule has 1 aromatic carbocycles. The topological polar surface area (TPSA) is 84.9 Å². The number of esters is 1. The van der Waals surface area contributed by atoms with Crippen LogP contribution in [0.4, 0.5) is 4.79 Å². The summed E-state index contributed by atoms with van der Waals surface area (Å²) in [6.45, 7) is 5.79. The predicted molar refractivity (Wildman–Crippen MR) is 87.3 cm³/mol. The molecule has 6 nitrogen and oxygen atoms in total. The Morgan fingerprint density at radius 2 is 2.00 bits per heavy atom. The highest BCUT2D eigenvalue weighted by atomic mass is 16.6. The first-order valence-electron chi connectivity index (χ1n) is 7.27. The van der Waals surface area contributed by atoms with Crippen LogP contribution in [0.5, 0.6) is 5.75 Å². The third kappa shape index (κ3) is 6.86. The molecule has 1 amide bonds. The summed E-state index contributed by atoms with van der Waals surface area (Å²) in [6, 6.07) is 4.46. The Bertz CT molecular complexity index is 587. The highest BCUT2D eigenvalue weighted by Crippen LogP contribution is 2.20. The monoisotopic (exact) mass is 321 g/mol. The van der Waals surface area contributed by atoms with Crippen molar-refractivity contribution in [3.63, 3.8) is 0 Å². The van der Waals surface area contributed by atoms with Gasteiger partial charge in [0.1, 0.15) is 11.4 Å². The summed E-state index contributed by atoms with van der Waals surface area (Å²) >= 11 is 0. The number of phenols is 1. The second kappa shape index (κ2) is 8.22. The third-order valence-electron chi connectivity index (χ3n) is 2.73. The minimum Gasteiger partial charge on any atom is -0.507 e. The molecule has 2 N–H and O–H groups in total. The van der Waals surface area contributed by atoms with Crippen molar-refractivity contribution in [1.82, 2.24) is 5.32 Å². The Morgan fingerprint density at radius 1 is 1.30 bits per heavy atom. The molecule has 0 atom stereocenters. The van der Waals surface area contributed by atoms with Crippen molar-refractivity contribution in [2.24, 2.45) is 0 Å². The molecule has 0 aliphatic rings. The Kier molecular flexibility index (Phi) is 6.63. The Labute approximate surface area is 136 Å². The van der Waals surface area contributed by atoms with E-state index in [9.17, 15) is 14.7 Å². The van der Waals surface area contributed by atoms with Crippen LogP contribution in [0.3, 0.4) is 0 Å². The van der Waals surface area contributed by atoms with Gasteiger partial charge in [-0.15, -0.1) is 0 Å². The van der Waals surface area contributed by atoms with Gasteiger partial charge in [-0.2, -0.15) is 0 Å². The van der Waals surface area contributed by atoms with Gasteiger partial charge in [0, 0.05) is 12.1 Å². The molecule has 0 unspecified atom stereocenters. The fourth-order valence-corrected chi connectivity index (χ4v) is 1.71. The Hall–Kier alpha value is -2.50. The number of amides is 1. The quantitative estimate of drug-likeness (QED) is 0.643. The molecule has 0 spiro atoms. The molecule has 0 radical (unpaired) electrons. The van der Waals surface area contributed by atoms with Crippen LogP contribution >= 0.6 is 0 Å². The number of phenolic OH excluding ortho intramolecular Hbond substituents is 1. The summed E-state index contributed by atoms with van der Waals surface area (Å²) in [6.07, 6.45) is 3.55. The molecule has 126 valence electrons. The summed E-state index contributed by atoms with van der Waals surface area (Å²) in [5.74, 6) is -0.403. The van der Waals surface area contributed by atoms with Crippen LogP contribution in [-0.4, -0.2) is 36.4 Å². The van der Waals surface area contributed by atoms with Crippen LogP contribution in [0, 0.1) is 0 Å². The highest BCUT2D eigenvalue weighted by Gasteiger charge is 2.15. The summed E-state index contributed by atoms with van der Waals surface area (Å²) in [4.78, 5) is 22.9. The van der Waals surface area contributed by atoms with Crippen molar-refractivity contribution in [2.45, 2.75) is 32.8 Å². The van der Waals surface area contributed by atoms with E-state index in [1.54, 1.807) is 39.0 Å². The molecule has 0 aromatic heterocycles. The standard InChI is InChI=1S/C17H23NO5/c1-17(2,3)23-16(21)18-10-6-5-7-12-11-13(15(20)22-4)8-9-14(12)19/h5,7-9,11,19H,6,10H2,1-4H3,(H,18,21). The second-order valence-electron chi connectivity index (χ2n) is 5.88. The molecule has 0 saturated heterocycles. The number of hydrogen-bond donors (Lipinski definition) is 2. The smallest absolute Gasteiger partial charge is 0.407 e. The minimum atomic E-state index is -0.528. The van der Waals surface area contributed by atoms with Gasteiger partial charge in [-0.05, 0) is 45.4 Å². The molecule has 0 saturated carbocycles. The molecule has 23 heavy (non-hydrogen) atoms. The van der Waals surface area contributed by atoms with Gasteiger partial charge in [-0.1, -0.05) is 12.2 Å². The van der Waals surface area contributed by atoms with Crippen molar-refractivity contribution in [1.29, 1.82) is 0 Å². The Balaban J connectivity index is 2.52. The van der Waals surface area contributed by atoms with E-state index in [2.05, 4.69) is 10.1 Å². The van der Waals surface area contributed by atoms with Gasteiger partial charge in [-0.25, -0.2) is 9.59 Å². The number of aromatic hydroxyl groups is 1. The zero-order valence-corrected chi connectivity index (χ0v) is 13.9.